The fraction of sp³-hybridized carbons (Fsp3) is 0.478. The number of carbonyl (C=O) groups excluding carboxylic acids is 1. The van der Waals surface area contributed by atoms with E-state index in [9.17, 15) is 9.18 Å². The molecule has 5 nitrogen and oxygen atoms in total. The predicted molar refractivity (Wildman–Crippen MR) is 135 cm³/mol. The van der Waals surface area contributed by atoms with E-state index in [1.807, 2.05) is 17.9 Å². The van der Waals surface area contributed by atoms with Crippen molar-refractivity contribution in [1.82, 2.24) is 15.5 Å². The van der Waals surface area contributed by atoms with E-state index in [1.54, 1.807) is 23.5 Å². The quantitative estimate of drug-likeness (QED) is 0.307. The number of thiophene rings is 1. The minimum atomic E-state index is -0.196. The molecule has 1 aromatic heterocycles. The molecular formula is C23H30FIN4OS. The average molecular weight is 556 g/mol. The Morgan fingerprint density at radius 3 is 2.87 bits per heavy atom. The van der Waals surface area contributed by atoms with Gasteiger partial charge in [-0.15, -0.1) is 35.3 Å². The number of guanidine groups is 1. The second-order valence-corrected chi connectivity index (χ2v) is 9.10. The number of halogens is 2. The molecule has 0 radical (unpaired) electrons. The molecule has 1 aliphatic carbocycles. The van der Waals surface area contributed by atoms with Gasteiger partial charge in [-0.2, -0.15) is 0 Å². The standard InChI is InChI=1S/C23H29FN4OS.HI/c1-2-25-22(27-16-23(9-10-23)18-4-3-5-19(24)14-18)26-11-6-21(29)28-12-7-20-17(15-28)8-13-30-20;/h3-5,8,13-14H,2,6-7,9-12,15-16H2,1H3,(H2,25,26,27);1H. The molecule has 8 heteroatoms. The van der Waals surface area contributed by atoms with Gasteiger partial charge < -0.3 is 15.5 Å². The summed E-state index contributed by atoms with van der Waals surface area (Å²) in [6, 6.07) is 8.98. The molecule has 0 saturated heterocycles. The Hall–Kier alpha value is -1.68. The summed E-state index contributed by atoms with van der Waals surface area (Å²) in [6.45, 7) is 5.46. The summed E-state index contributed by atoms with van der Waals surface area (Å²) >= 11 is 1.78. The Kier molecular flexibility index (Phi) is 8.32. The topological polar surface area (TPSA) is 56.7 Å². The molecule has 0 atom stereocenters. The first-order valence-corrected chi connectivity index (χ1v) is 11.6. The minimum Gasteiger partial charge on any atom is -0.357 e. The van der Waals surface area contributed by atoms with Gasteiger partial charge in [0.2, 0.25) is 5.91 Å². The molecule has 4 rings (SSSR count). The van der Waals surface area contributed by atoms with Crippen LogP contribution in [0.25, 0.3) is 0 Å². The highest BCUT2D eigenvalue weighted by molar-refractivity contribution is 14.0. The number of hydrogen-bond donors (Lipinski definition) is 2. The third kappa shape index (κ3) is 5.97. The number of nitrogens with zero attached hydrogens (tertiary/aromatic N) is 2. The number of hydrogen-bond acceptors (Lipinski definition) is 3. The van der Waals surface area contributed by atoms with Gasteiger partial charge in [0, 0.05) is 42.9 Å². The minimum absolute atomic E-state index is 0. The molecule has 1 fully saturated rings. The van der Waals surface area contributed by atoms with Gasteiger partial charge >= 0.3 is 0 Å². The Balaban J connectivity index is 0.00000272. The Morgan fingerprint density at radius 2 is 2.13 bits per heavy atom. The van der Waals surface area contributed by atoms with Crippen molar-refractivity contribution in [3.63, 3.8) is 0 Å². The van der Waals surface area contributed by atoms with Crippen molar-refractivity contribution in [2.24, 2.45) is 4.99 Å². The van der Waals surface area contributed by atoms with E-state index in [2.05, 4.69) is 22.1 Å². The van der Waals surface area contributed by atoms with Crippen molar-refractivity contribution in [2.45, 2.75) is 44.6 Å². The molecular weight excluding hydrogens is 526 g/mol. The number of amides is 1. The second-order valence-electron chi connectivity index (χ2n) is 8.10. The van der Waals surface area contributed by atoms with Crippen molar-refractivity contribution in [3.05, 3.63) is 57.5 Å². The summed E-state index contributed by atoms with van der Waals surface area (Å²) in [5.74, 6) is 0.693. The SMILES string of the molecule is CCNC(=NCC1(c2cccc(F)c2)CC1)NCCC(=O)N1CCc2sccc2C1.I. The molecule has 2 heterocycles. The van der Waals surface area contributed by atoms with Crippen molar-refractivity contribution in [2.75, 3.05) is 26.2 Å². The van der Waals surface area contributed by atoms with Crippen molar-refractivity contribution >= 4 is 47.2 Å². The van der Waals surface area contributed by atoms with Crippen LogP contribution in [0.15, 0.2) is 40.7 Å². The van der Waals surface area contributed by atoms with E-state index in [0.717, 1.165) is 44.5 Å². The lowest BCUT2D eigenvalue weighted by Crippen LogP contribution is -2.41. The molecule has 0 bridgehead atoms. The highest BCUT2D eigenvalue weighted by Gasteiger charge is 2.44. The zero-order chi connectivity index (χ0) is 21.0. The molecule has 1 amide bonds. The molecule has 31 heavy (non-hydrogen) atoms. The summed E-state index contributed by atoms with van der Waals surface area (Å²) in [5.41, 5.74) is 2.26. The summed E-state index contributed by atoms with van der Waals surface area (Å²) in [7, 11) is 0. The van der Waals surface area contributed by atoms with Crippen molar-refractivity contribution < 1.29 is 9.18 Å². The van der Waals surface area contributed by atoms with Gasteiger partial charge in [0.25, 0.3) is 0 Å². The lowest BCUT2D eigenvalue weighted by atomic mass is 9.96. The Bertz CT molecular complexity index is 928. The number of rotatable bonds is 7. The molecule has 1 saturated carbocycles. The van der Waals surface area contributed by atoms with Crippen LogP contribution in [0.5, 0.6) is 0 Å². The van der Waals surface area contributed by atoms with E-state index >= 15 is 0 Å². The first kappa shape index (κ1) is 24.0. The number of benzene rings is 1. The highest BCUT2D eigenvalue weighted by atomic mass is 127. The first-order valence-electron chi connectivity index (χ1n) is 10.7. The molecule has 0 unspecified atom stereocenters. The van der Waals surface area contributed by atoms with E-state index in [0.29, 0.717) is 25.5 Å². The maximum atomic E-state index is 13.6. The van der Waals surface area contributed by atoms with Crippen molar-refractivity contribution in [3.8, 4) is 0 Å². The molecule has 2 N–H and O–H groups in total. The highest BCUT2D eigenvalue weighted by Crippen LogP contribution is 2.48. The second kappa shape index (κ2) is 10.8. The molecule has 1 aromatic carbocycles. The molecule has 1 aliphatic heterocycles. The smallest absolute Gasteiger partial charge is 0.224 e. The summed E-state index contributed by atoms with van der Waals surface area (Å²) < 4.78 is 13.6. The Labute approximate surface area is 204 Å². The van der Waals surface area contributed by atoms with Gasteiger partial charge in [-0.1, -0.05) is 12.1 Å². The fourth-order valence-electron chi connectivity index (χ4n) is 3.99. The number of nitrogens with one attached hydrogen (secondary N) is 2. The van der Waals surface area contributed by atoms with Crippen LogP contribution in [0.4, 0.5) is 4.39 Å². The van der Waals surface area contributed by atoms with Crippen LogP contribution in [-0.4, -0.2) is 42.9 Å². The summed E-state index contributed by atoms with van der Waals surface area (Å²) in [4.78, 5) is 20.7. The van der Waals surface area contributed by atoms with Crippen molar-refractivity contribution in [1.29, 1.82) is 0 Å². The van der Waals surface area contributed by atoms with Crippen LogP contribution in [-0.2, 0) is 23.2 Å². The van der Waals surface area contributed by atoms with Gasteiger partial charge in [0.1, 0.15) is 5.82 Å². The number of fused-ring (bicyclic) bond motifs is 1. The molecule has 0 spiro atoms. The predicted octanol–water partition coefficient (Wildman–Crippen LogP) is 4.07. The van der Waals surface area contributed by atoms with Crippen LogP contribution in [0, 0.1) is 5.82 Å². The zero-order valence-electron chi connectivity index (χ0n) is 17.8. The molecule has 168 valence electrons. The molecule has 2 aliphatic rings. The van der Waals surface area contributed by atoms with E-state index in [-0.39, 0.29) is 41.1 Å². The van der Waals surface area contributed by atoms with Crippen LogP contribution >= 0.6 is 35.3 Å². The van der Waals surface area contributed by atoms with Gasteiger partial charge in [0.15, 0.2) is 5.96 Å². The average Bonchev–Trinajstić information content (AvgIpc) is 3.40. The third-order valence-electron chi connectivity index (χ3n) is 5.97. The summed E-state index contributed by atoms with van der Waals surface area (Å²) in [5, 5.41) is 8.64. The monoisotopic (exact) mass is 556 g/mol. The maximum Gasteiger partial charge on any atom is 0.224 e. The van der Waals surface area contributed by atoms with Crippen LogP contribution < -0.4 is 10.6 Å². The fourth-order valence-corrected chi connectivity index (χ4v) is 4.88. The van der Waals surface area contributed by atoms with E-state index in [1.165, 1.54) is 16.5 Å². The lowest BCUT2D eigenvalue weighted by molar-refractivity contribution is -0.131. The van der Waals surface area contributed by atoms with Crippen LogP contribution in [0.1, 0.15) is 42.2 Å². The van der Waals surface area contributed by atoms with Gasteiger partial charge in [-0.25, -0.2) is 4.39 Å². The number of aliphatic imine (C=N–C) groups is 1. The largest absolute Gasteiger partial charge is 0.357 e. The van der Waals surface area contributed by atoms with E-state index in [4.69, 9.17) is 4.99 Å². The maximum absolute atomic E-state index is 13.6. The summed E-state index contributed by atoms with van der Waals surface area (Å²) in [6.07, 6.45) is 3.45. The van der Waals surface area contributed by atoms with Gasteiger partial charge in [-0.05, 0) is 60.9 Å². The van der Waals surface area contributed by atoms with Crippen LogP contribution in [0.2, 0.25) is 0 Å². The lowest BCUT2D eigenvalue weighted by Gasteiger charge is -2.27. The first-order chi connectivity index (χ1) is 14.6. The zero-order valence-corrected chi connectivity index (χ0v) is 21.0. The van der Waals surface area contributed by atoms with Gasteiger partial charge in [-0.3, -0.25) is 9.79 Å². The molecule has 2 aromatic rings. The van der Waals surface area contributed by atoms with E-state index < -0.39 is 0 Å². The normalized spacial score (nSPS) is 16.8. The van der Waals surface area contributed by atoms with Crippen LogP contribution in [0.3, 0.4) is 0 Å². The number of carbonyl (C=O) groups is 1. The van der Waals surface area contributed by atoms with Gasteiger partial charge in [0.05, 0.1) is 6.54 Å². The Morgan fingerprint density at radius 1 is 1.29 bits per heavy atom. The third-order valence-corrected chi connectivity index (χ3v) is 6.99.